The first kappa shape index (κ1) is 19.2. The van der Waals surface area contributed by atoms with Crippen LogP contribution in [-0.2, 0) is 20.2 Å². The van der Waals surface area contributed by atoms with Crippen LogP contribution in [0.2, 0.25) is 0 Å². The van der Waals surface area contributed by atoms with Crippen LogP contribution in [0.5, 0.6) is 0 Å². The number of nitrogens with zero attached hydrogens (tertiary/aromatic N) is 2. The van der Waals surface area contributed by atoms with E-state index in [1.54, 1.807) is 28.4 Å². The number of carbonyl (C=O) groups is 1. The zero-order chi connectivity index (χ0) is 20.3. The Bertz CT molecular complexity index is 1030. The van der Waals surface area contributed by atoms with E-state index < -0.39 is 15.4 Å². The van der Waals surface area contributed by atoms with Gasteiger partial charge >= 0.3 is 0 Å². The van der Waals surface area contributed by atoms with E-state index in [1.807, 2.05) is 57.2 Å². The summed E-state index contributed by atoms with van der Waals surface area (Å²) in [7, 11) is -1.92. The topological polar surface area (TPSA) is 57.7 Å². The molecule has 28 heavy (non-hydrogen) atoms. The van der Waals surface area contributed by atoms with Crippen LogP contribution in [0.25, 0.3) is 0 Å². The molecule has 2 aromatic carbocycles. The number of para-hydroxylation sites is 1. The Labute approximate surface area is 167 Å². The minimum Gasteiger partial charge on any atom is -0.314 e. The van der Waals surface area contributed by atoms with Crippen LogP contribution in [0.3, 0.4) is 0 Å². The van der Waals surface area contributed by atoms with Gasteiger partial charge in [-0.05, 0) is 43.0 Å². The van der Waals surface area contributed by atoms with Gasteiger partial charge in [-0.2, -0.15) is 4.31 Å². The van der Waals surface area contributed by atoms with Crippen molar-refractivity contribution < 1.29 is 13.2 Å². The van der Waals surface area contributed by atoms with Crippen molar-refractivity contribution in [3.05, 3.63) is 59.7 Å². The van der Waals surface area contributed by atoms with Crippen molar-refractivity contribution in [3.8, 4) is 0 Å². The highest BCUT2D eigenvalue weighted by molar-refractivity contribution is 7.89. The third-order valence-corrected chi connectivity index (χ3v) is 8.13. The van der Waals surface area contributed by atoms with Gasteiger partial charge in [0.15, 0.2) is 0 Å². The molecule has 0 N–H and O–H groups in total. The fraction of sp³-hybridized carbons (Fsp3) is 0.409. The van der Waals surface area contributed by atoms with Crippen LogP contribution in [-0.4, -0.2) is 38.3 Å². The van der Waals surface area contributed by atoms with Crippen LogP contribution >= 0.6 is 0 Å². The Morgan fingerprint density at radius 3 is 2.36 bits per heavy atom. The average Bonchev–Trinajstić information content (AvgIpc) is 3.18. The van der Waals surface area contributed by atoms with Crippen molar-refractivity contribution in [1.29, 1.82) is 0 Å². The summed E-state index contributed by atoms with van der Waals surface area (Å²) < 4.78 is 28.6. The summed E-state index contributed by atoms with van der Waals surface area (Å²) in [6.45, 7) is 6.17. The summed E-state index contributed by atoms with van der Waals surface area (Å²) in [6, 6.07) is 14.5. The molecular formula is C22H26N2O3S. The summed E-state index contributed by atoms with van der Waals surface area (Å²) in [5.41, 5.74) is 2.02. The zero-order valence-electron chi connectivity index (χ0n) is 16.7. The van der Waals surface area contributed by atoms with E-state index >= 15 is 0 Å². The van der Waals surface area contributed by atoms with Crippen LogP contribution in [0.4, 0.5) is 5.69 Å². The molecule has 0 unspecified atom stereocenters. The average molecular weight is 399 g/mol. The first-order valence-corrected chi connectivity index (χ1v) is 11.1. The molecule has 0 bridgehead atoms. The second-order valence-corrected chi connectivity index (χ2v) is 10.2. The van der Waals surface area contributed by atoms with Gasteiger partial charge < -0.3 is 4.90 Å². The number of amides is 1. The molecule has 1 spiro atoms. The van der Waals surface area contributed by atoms with E-state index in [0.717, 1.165) is 16.8 Å². The van der Waals surface area contributed by atoms with Gasteiger partial charge in [0.25, 0.3) is 0 Å². The lowest BCUT2D eigenvalue weighted by Gasteiger charge is -2.26. The largest absolute Gasteiger partial charge is 0.314 e. The third-order valence-electron chi connectivity index (χ3n) is 6.25. The Hall–Kier alpha value is -2.18. The maximum absolute atomic E-state index is 13.5. The summed E-state index contributed by atoms with van der Waals surface area (Å²) in [5, 5.41) is 0. The van der Waals surface area contributed by atoms with Gasteiger partial charge in [0.2, 0.25) is 15.9 Å². The van der Waals surface area contributed by atoms with Crippen molar-refractivity contribution in [2.75, 3.05) is 18.5 Å². The molecule has 2 heterocycles. The minimum atomic E-state index is -3.69. The van der Waals surface area contributed by atoms with Crippen LogP contribution < -0.4 is 4.90 Å². The molecule has 1 fully saturated rings. The molecule has 1 saturated heterocycles. The van der Waals surface area contributed by atoms with Crippen LogP contribution in [0.15, 0.2) is 53.4 Å². The predicted molar refractivity (Wildman–Crippen MR) is 110 cm³/mol. The number of anilines is 1. The molecule has 2 aliphatic rings. The van der Waals surface area contributed by atoms with Crippen molar-refractivity contribution in [1.82, 2.24) is 4.31 Å². The number of hydrogen-bond donors (Lipinski definition) is 0. The molecule has 148 valence electrons. The number of likely N-dealkylation sites (N-methyl/N-ethyl adjacent to an activating group) is 1. The molecule has 5 nitrogen and oxygen atoms in total. The monoisotopic (exact) mass is 398 g/mol. The number of sulfonamides is 1. The van der Waals surface area contributed by atoms with Gasteiger partial charge in [0.1, 0.15) is 0 Å². The van der Waals surface area contributed by atoms with E-state index in [-0.39, 0.29) is 29.3 Å². The summed E-state index contributed by atoms with van der Waals surface area (Å²) >= 11 is 0. The van der Waals surface area contributed by atoms with Gasteiger partial charge in [-0.15, -0.1) is 0 Å². The van der Waals surface area contributed by atoms with Gasteiger partial charge in [-0.25, -0.2) is 8.42 Å². The number of fused-ring (bicyclic) bond motifs is 2. The van der Waals surface area contributed by atoms with Crippen LogP contribution in [0, 0.1) is 12.8 Å². The lowest BCUT2D eigenvalue weighted by Crippen LogP contribution is -2.42. The Morgan fingerprint density at radius 2 is 1.71 bits per heavy atom. The molecule has 0 aliphatic carbocycles. The van der Waals surface area contributed by atoms with E-state index in [1.165, 1.54) is 0 Å². The maximum Gasteiger partial charge on any atom is 0.243 e. The lowest BCUT2D eigenvalue weighted by molar-refractivity contribution is -0.122. The number of aryl methyl sites for hydroxylation is 1. The minimum absolute atomic E-state index is 0.0130. The normalized spacial score (nSPS) is 25.1. The first-order valence-electron chi connectivity index (χ1n) is 9.65. The zero-order valence-corrected chi connectivity index (χ0v) is 17.5. The highest BCUT2D eigenvalue weighted by atomic mass is 32.2. The van der Waals surface area contributed by atoms with Crippen molar-refractivity contribution >= 4 is 21.6 Å². The first-order chi connectivity index (χ1) is 13.2. The fourth-order valence-corrected chi connectivity index (χ4v) is 6.47. The Morgan fingerprint density at radius 1 is 1.07 bits per heavy atom. The molecule has 0 radical (unpaired) electrons. The second-order valence-electron chi connectivity index (χ2n) is 8.34. The van der Waals surface area contributed by atoms with Gasteiger partial charge in [-0.1, -0.05) is 49.7 Å². The number of benzene rings is 2. The lowest BCUT2D eigenvalue weighted by atomic mass is 9.78. The quantitative estimate of drug-likeness (QED) is 0.797. The molecule has 6 heteroatoms. The third kappa shape index (κ3) is 2.62. The molecule has 0 saturated carbocycles. The molecule has 2 aliphatic heterocycles. The molecule has 4 rings (SSSR count). The summed E-state index contributed by atoms with van der Waals surface area (Å²) in [5.74, 6) is 0.0893. The SMILES string of the molecule is Cc1ccc(S(=O)(=O)N2C[C@]3(C[C@@H]2C(C)C)C(=O)N(C)c2ccccc23)cc1. The van der Waals surface area contributed by atoms with E-state index in [2.05, 4.69) is 0 Å². The van der Waals surface area contributed by atoms with Crippen molar-refractivity contribution in [2.45, 2.75) is 43.5 Å². The second kappa shape index (κ2) is 6.42. The van der Waals surface area contributed by atoms with Gasteiger partial charge in [0, 0.05) is 25.3 Å². The maximum atomic E-state index is 13.5. The van der Waals surface area contributed by atoms with E-state index in [0.29, 0.717) is 6.42 Å². The molecule has 0 aromatic heterocycles. The molecule has 1 amide bonds. The number of rotatable bonds is 3. The van der Waals surface area contributed by atoms with Crippen molar-refractivity contribution in [3.63, 3.8) is 0 Å². The fourth-order valence-electron chi connectivity index (χ4n) is 4.65. The van der Waals surface area contributed by atoms with Gasteiger partial charge in [0.05, 0.1) is 10.3 Å². The summed E-state index contributed by atoms with van der Waals surface area (Å²) in [4.78, 5) is 15.3. The number of carbonyl (C=O) groups excluding carboxylic acids is 1. The highest BCUT2D eigenvalue weighted by Gasteiger charge is 2.59. The Kier molecular flexibility index (Phi) is 4.39. The van der Waals surface area contributed by atoms with Gasteiger partial charge in [-0.3, -0.25) is 4.79 Å². The van der Waals surface area contributed by atoms with Crippen LogP contribution in [0.1, 0.15) is 31.4 Å². The smallest absolute Gasteiger partial charge is 0.243 e. The molecule has 2 atom stereocenters. The Balaban J connectivity index is 1.82. The van der Waals surface area contributed by atoms with Crippen molar-refractivity contribution in [2.24, 2.45) is 5.92 Å². The summed E-state index contributed by atoms with van der Waals surface area (Å²) in [6.07, 6.45) is 0.510. The highest BCUT2D eigenvalue weighted by Crippen LogP contribution is 2.50. The number of hydrogen-bond acceptors (Lipinski definition) is 3. The van der Waals surface area contributed by atoms with E-state index in [4.69, 9.17) is 0 Å². The standard InChI is InChI=1S/C22H26N2O3S/c1-15(2)20-13-22(18-7-5-6-8-19(18)23(4)21(22)25)14-24(20)28(26,27)17-11-9-16(3)10-12-17/h5-12,15,20H,13-14H2,1-4H3/t20-,22+/m1/s1. The molecular weight excluding hydrogens is 372 g/mol. The predicted octanol–water partition coefficient (Wildman–Crippen LogP) is 3.33. The molecule has 2 aromatic rings. The van der Waals surface area contributed by atoms with E-state index in [9.17, 15) is 13.2 Å².